The van der Waals surface area contributed by atoms with Crippen molar-refractivity contribution < 1.29 is 23.2 Å². The molecular formula is C19H20FN3O4S. The first-order valence-electron chi connectivity index (χ1n) is 8.51. The fourth-order valence-electron chi connectivity index (χ4n) is 2.42. The van der Waals surface area contributed by atoms with Crippen LogP contribution in [0.5, 0.6) is 0 Å². The van der Waals surface area contributed by atoms with Crippen LogP contribution >= 0.6 is 11.8 Å². The number of thioether (sulfide) groups is 1. The minimum absolute atomic E-state index is 0.00854. The molecule has 9 heteroatoms. The predicted octanol–water partition coefficient (Wildman–Crippen LogP) is 3.15. The molecule has 0 saturated carbocycles. The molecule has 7 nitrogen and oxygen atoms in total. The molecule has 0 bridgehead atoms. The number of carbonyl (C=O) groups is 2. The summed E-state index contributed by atoms with van der Waals surface area (Å²) in [5.74, 6) is -0.451. The van der Waals surface area contributed by atoms with E-state index in [0.717, 1.165) is 16.2 Å². The number of amides is 1. The monoisotopic (exact) mass is 405 g/mol. The van der Waals surface area contributed by atoms with Gasteiger partial charge in [0.2, 0.25) is 0 Å². The number of hydrogen-bond acceptors (Lipinski definition) is 7. The van der Waals surface area contributed by atoms with Crippen LogP contribution in [0.1, 0.15) is 23.4 Å². The van der Waals surface area contributed by atoms with Crippen molar-refractivity contribution in [3.8, 4) is 6.07 Å². The van der Waals surface area contributed by atoms with Gasteiger partial charge in [-0.1, -0.05) is 17.3 Å². The van der Waals surface area contributed by atoms with E-state index in [2.05, 4.69) is 5.16 Å². The normalized spacial score (nSPS) is 10.4. The Hall–Kier alpha value is -2.86. The van der Waals surface area contributed by atoms with Crippen molar-refractivity contribution in [1.82, 2.24) is 5.16 Å². The zero-order valence-corrected chi connectivity index (χ0v) is 16.4. The molecule has 1 heterocycles. The van der Waals surface area contributed by atoms with Crippen molar-refractivity contribution in [1.29, 1.82) is 5.26 Å². The first kappa shape index (κ1) is 21.4. The summed E-state index contributed by atoms with van der Waals surface area (Å²) in [7, 11) is 0. The Bertz CT molecular complexity index is 859. The molecule has 0 aliphatic heterocycles. The molecule has 1 aromatic carbocycles. The summed E-state index contributed by atoms with van der Waals surface area (Å²) in [5.41, 5.74) is 1.74. The Morgan fingerprint density at radius 1 is 1.36 bits per heavy atom. The lowest BCUT2D eigenvalue weighted by molar-refractivity contribution is -0.145. The largest absolute Gasteiger partial charge is 0.455 e. The molecule has 0 atom stereocenters. The zero-order chi connectivity index (χ0) is 20.5. The van der Waals surface area contributed by atoms with Crippen LogP contribution in [0.3, 0.4) is 0 Å². The second kappa shape index (κ2) is 10.5. The summed E-state index contributed by atoms with van der Waals surface area (Å²) in [6, 6.07) is 7.66. The average molecular weight is 405 g/mol. The number of ether oxygens (including phenoxy) is 1. The second-order valence-corrected chi connectivity index (χ2v) is 6.85. The lowest BCUT2D eigenvalue weighted by Crippen LogP contribution is -2.36. The van der Waals surface area contributed by atoms with Crippen LogP contribution < -0.4 is 4.90 Å². The van der Waals surface area contributed by atoms with Gasteiger partial charge in [-0.05, 0) is 26.0 Å². The van der Waals surface area contributed by atoms with E-state index in [1.54, 1.807) is 13.0 Å². The van der Waals surface area contributed by atoms with Crippen LogP contribution in [0.2, 0.25) is 0 Å². The fraction of sp³-hybridized carbons (Fsp3) is 0.368. The molecule has 28 heavy (non-hydrogen) atoms. The molecule has 0 radical (unpaired) electrons. The number of nitrogens with zero attached hydrogens (tertiary/aromatic N) is 3. The molecule has 1 aromatic heterocycles. The molecule has 2 aromatic rings. The first-order valence-corrected chi connectivity index (χ1v) is 9.66. The van der Waals surface area contributed by atoms with E-state index in [1.165, 1.54) is 30.0 Å². The van der Waals surface area contributed by atoms with Crippen LogP contribution in [-0.4, -0.2) is 35.9 Å². The van der Waals surface area contributed by atoms with Gasteiger partial charge in [0.1, 0.15) is 11.6 Å². The summed E-state index contributed by atoms with van der Waals surface area (Å²) < 4.78 is 24.1. The molecule has 0 unspecified atom stereocenters. The Morgan fingerprint density at radius 3 is 2.75 bits per heavy atom. The van der Waals surface area contributed by atoms with Crippen molar-refractivity contribution in [3.05, 3.63) is 47.1 Å². The van der Waals surface area contributed by atoms with Gasteiger partial charge in [-0.15, -0.1) is 11.8 Å². The highest BCUT2D eigenvalue weighted by atomic mass is 32.2. The van der Waals surface area contributed by atoms with Crippen molar-refractivity contribution in [3.63, 3.8) is 0 Å². The lowest BCUT2D eigenvalue weighted by Gasteiger charge is -2.22. The average Bonchev–Trinajstić information content (AvgIpc) is 3.00. The standard InChI is InChI=1S/C19H20FN3O4S/c1-13-15(14(2)27-22-13)11-28-12-19(25)26-10-18(24)23(9-5-8-21)17-7-4-3-6-16(17)20/h3-4,6-7H,5,9-12H2,1-2H3. The highest BCUT2D eigenvalue weighted by Crippen LogP contribution is 2.20. The van der Waals surface area contributed by atoms with Crippen LogP contribution in [0, 0.1) is 31.0 Å². The van der Waals surface area contributed by atoms with Crippen molar-refractivity contribution in [2.75, 3.05) is 23.8 Å². The fourth-order valence-corrected chi connectivity index (χ4v) is 3.39. The van der Waals surface area contributed by atoms with Gasteiger partial charge in [0.25, 0.3) is 5.91 Å². The number of aryl methyl sites for hydroxylation is 2. The van der Waals surface area contributed by atoms with Crippen molar-refractivity contribution in [2.24, 2.45) is 0 Å². The predicted molar refractivity (Wildman–Crippen MR) is 102 cm³/mol. The van der Waals surface area contributed by atoms with Gasteiger partial charge in [0, 0.05) is 17.9 Å². The summed E-state index contributed by atoms with van der Waals surface area (Å²) in [6.07, 6.45) is 0.0291. The van der Waals surface area contributed by atoms with E-state index in [-0.39, 0.29) is 24.4 Å². The van der Waals surface area contributed by atoms with Gasteiger partial charge in [-0.3, -0.25) is 9.59 Å². The molecule has 148 valence electrons. The number of hydrogen-bond donors (Lipinski definition) is 0. The smallest absolute Gasteiger partial charge is 0.316 e. The van der Waals surface area contributed by atoms with E-state index in [1.807, 2.05) is 13.0 Å². The second-order valence-electron chi connectivity index (χ2n) is 5.86. The third-order valence-electron chi connectivity index (χ3n) is 3.90. The van der Waals surface area contributed by atoms with Gasteiger partial charge in [0.15, 0.2) is 6.61 Å². The summed E-state index contributed by atoms with van der Waals surface area (Å²) in [5, 5.41) is 12.6. The molecule has 0 aliphatic carbocycles. The Kier molecular flexibility index (Phi) is 8.02. The maximum Gasteiger partial charge on any atom is 0.316 e. The number of halogens is 1. The quantitative estimate of drug-likeness (QED) is 0.591. The highest BCUT2D eigenvalue weighted by Gasteiger charge is 2.20. The number of anilines is 1. The molecule has 1 amide bonds. The van der Waals surface area contributed by atoms with Crippen LogP contribution in [0.4, 0.5) is 10.1 Å². The molecule has 0 aliphatic rings. The SMILES string of the molecule is Cc1noc(C)c1CSCC(=O)OCC(=O)N(CCC#N)c1ccccc1F. The van der Waals surface area contributed by atoms with Crippen LogP contribution in [-0.2, 0) is 20.1 Å². The van der Waals surface area contributed by atoms with Gasteiger partial charge in [0.05, 0.1) is 29.6 Å². The van der Waals surface area contributed by atoms with Gasteiger partial charge in [-0.25, -0.2) is 4.39 Å². The topological polar surface area (TPSA) is 96.4 Å². The Morgan fingerprint density at radius 2 is 2.11 bits per heavy atom. The molecular weight excluding hydrogens is 385 g/mol. The van der Waals surface area contributed by atoms with Gasteiger partial charge < -0.3 is 14.2 Å². The van der Waals surface area contributed by atoms with E-state index in [9.17, 15) is 14.0 Å². The summed E-state index contributed by atoms with van der Waals surface area (Å²) in [6.45, 7) is 3.10. The number of esters is 1. The maximum atomic E-state index is 14.0. The lowest BCUT2D eigenvalue weighted by atomic mass is 10.2. The first-order chi connectivity index (χ1) is 13.4. The minimum atomic E-state index is -0.593. The summed E-state index contributed by atoms with van der Waals surface area (Å²) >= 11 is 1.32. The Balaban J connectivity index is 1.86. The van der Waals surface area contributed by atoms with Gasteiger partial charge in [-0.2, -0.15) is 5.26 Å². The number of rotatable bonds is 9. The molecule has 0 saturated heterocycles. The van der Waals surface area contributed by atoms with E-state index in [0.29, 0.717) is 11.5 Å². The minimum Gasteiger partial charge on any atom is -0.455 e. The summed E-state index contributed by atoms with van der Waals surface area (Å²) in [4.78, 5) is 25.4. The molecule has 0 fully saturated rings. The van der Waals surface area contributed by atoms with Crippen molar-refractivity contribution in [2.45, 2.75) is 26.0 Å². The highest BCUT2D eigenvalue weighted by molar-refractivity contribution is 7.99. The number of aromatic nitrogens is 1. The third kappa shape index (κ3) is 5.82. The Labute approximate surface area is 166 Å². The van der Waals surface area contributed by atoms with E-state index < -0.39 is 24.3 Å². The number of benzene rings is 1. The molecule has 2 rings (SSSR count). The number of nitriles is 1. The van der Waals surface area contributed by atoms with Crippen LogP contribution in [0.15, 0.2) is 28.8 Å². The molecule has 0 N–H and O–H groups in total. The third-order valence-corrected chi connectivity index (χ3v) is 4.83. The maximum absolute atomic E-state index is 14.0. The van der Waals surface area contributed by atoms with Crippen LogP contribution in [0.25, 0.3) is 0 Å². The molecule has 0 spiro atoms. The van der Waals surface area contributed by atoms with E-state index in [4.69, 9.17) is 14.5 Å². The van der Waals surface area contributed by atoms with Crippen molar-refractivity contribution >= 4 is 29.3 Å². The number of carbonyl (C=O) groups excluding carboxylic acids is 2. The number of para-hydroxylation sites is 1. The van der Waals surface area contributed by atoms with E-state index >= 15 is 0 Å². The zero-order valence-electron chi connectivity index (χ0n) is 15.6. The van der Waals surface area contributed by atoms with Gasteiger partial charge >= 0.3 is 5.97 Å².